The SMILES string of the molecule is CNC(=O)C1(NC(=O)C2CCCC2)CCN(C(=O)c2cc(C)cc(C)c2)CC1. The van der Waals surface area contributed by atoms with Crippen molar-refractivity contribution in [2.24, 2.45) is 5.92 Å². The molecule has 6 nitrogen and oxygen atoms in total. The molecule has 2 fully saturated rings. The van der Waals surface area contributed by atoms with Crippen molar-refractivity contribution in [3.8, 4) is 0 Å². The molecule has 0 spiro atoms. The topological polar surface area (TPSA) is 78.5 Å². The first-order valence-corrected chi connectivity index (χ1v) is 10.3. The van der Waals surface area contributed by atoms with E-state index >= 15 is 0 Å². The van der Waals surface area contributed by atoms with E-state index in [9.17, 15) is 14.4 Å². The Labute approximate surface area is 167 Å². The van der Waals surface area contributed by atoms with Crippen molar-refractivity contribution >= 4 is 17.7 Å². The normalized spacial score (nSPS) is 19.3. The Morgan fingerprint density at radius 2 is 1.57 bits per heavy atom. The molecule has 3 rings (SSSR count). The zero-order valence-corrected chi connectivity index (χ0v) is 17.1. The Morgan fingerprint density at radius 1 is 1.00 bits per heavy atom. The van der Waals surface area contributed by atoms with Crippen LogP contribution < -0.4 is 10.6 Å². The number of carbonyl (C=O) groups excluding carboxylic acids is 3. The van der Waals surface area contributed by atoms with Gasteiger partial charge in [0.2, 0.25) is 11.8 Å². The van der Waals surface area contributed by atoms with Crippen LogP contribution in [0.25, 0.3) is 0 Å². The van der Waals surface area contributed by atoms with Crippen LogP contribution in [0.1, 0.15) is 60.0 Å². The monoisotopic (exact) mass is 385 g/mol. The highest BCUT2D eigenvalue weighted by molar-refractivity contribution is 5.96. The van der Waals surface area contributed by atoms with Gasteiger partial charge in [0.25, 0.3) is 5.91 Å². The van der Waals surface area contributed by atoms with Gasteiger partial charge in [0.05, 0.1) is 0 Å². The summed E-state index contributed by atoms with van der Waals surface area (Å²) in [5, 5.41) is 5.76. The Kier molecular flexibility index (Phi) is 6.06. The summed E-state index contributed by atoms with van der Waals surface area (Å²) in [6.45, 7) is 4.86. The van der Waals surface area contributed by atoms with Gasteiger partial charge in [-0.3, -0.25) is 14.4 Å². The summed E-state index contributed by atoms with van der Waals surface area (Å²) >= 11 is 0. The zero-order chi connectivity index (χ0) is 20.3. The number of nitrogens with zero attached hydrogens (tertiary/aromatic N) is 1. The lowest BCUT2D eigenvalue weighted by atomic mass is 9.85. The van der Waals surface area contributed by atoms with Crippen molar-refractivity contribution < 1.29 is 14.4 Å². The minimum absolute atomic E-state index is 0.0106. The first kappa shape index (κ1) is 20.4. The molecule has 1 aromatic rings. The van der Waals surface area contributed by atoms with Crippen molar-refractivity contribution in [2.75, 3.05) is 20.1 Å². The Bertz CT molecular complexity index is 740. The number of carbonyl (C=O) groups is 3. The van der Waals surface area contributed by atoms with Crippen LogP contribution >= 0.6 is 0 Å². The van der Waals surface area contributed by atoms with E-state index in [1.807, 2.05) is 32.0 Å². The predicted molar refractivity (Wildman–Crippen MR) is 108 cm³/mol. The summed E-state index contributed by atoms with van der Waals surface area (Å²) < 4.78 is 0. The van der Waals surface area contributed by atoms with E-state index in [4.69, 9.17) is 0 Å². The van der Waals surface area contributed by atoms with E-state index in [-0.39, 0.29) is 23.6 Å². The third kappa shape index (κ3) is 4.21. The van der Waals surface area contributed by atoms with Gasteiger partial charge in [-0.2, -0.15) is 0 Å². The second kappa shape index (κ2) is 8.33. The maximum atomic E-state index is 12.9. The fourth-order valence-electron chi connectivity index (χ4n) is 4.55. The molecule has 0 bridgehead atoms. The van der Waals surface area contributed by atoms with Gasteiger partial charge in [0.15, 0.2) is 0 Å². The van der Waals surface area contributed by atoms with Crippen molar-refractivity contribution in [3.63, 3.8) is 0 Å². The number of piperidine rings is 1. The number of rotatable bonds is 4. The number of hydrogen-bond acceptors (Lipinski definition) is 3. The number of nitrogens with one attached hydrogen (secondary N) is 2. The molecular formula is C22H31N3O3. The average molecular weight is 386 g/mol. The predicted octanol–water partition coefficient (Wildman–Crippen LogP) is 2.33. The molecule has 0 radical (unpaired) electrons. The molecule has 28 heavy (non-hydrogen) atoms. The van der Waals surface area contributed by atoms with Gasteiger partial charge < -0.3 is 15.5 Å². The summed E-state index contributed by atoms with van der Waals surface area (Å²) in [6.07, 6.45) is 4.80. The standard InChI is InChI=1S/C22H31N3O3/c1-15-12-16(2)14-18(13-15)20(27)25-10-8-22(9-11-25,21(28)23-3)24-19(26)17-6-4-5-7-17/h12-14,17H,4-11H2,1-3H3,(H,23,28)(H,24,26). The van der Waals surface area contributed by atoms with Crippen molar-refractivity contribution in [3.05, 3.63) is 34.9 Å². The number of hydrogen-bond donors (Lipinski definition) is 2. The van der Waals surface area contributed by atoms with Crippen LogP contribution in [0.4, 0.5) is 0 Å². The number of likely N-dealkylation sites (N-methyl/N-ethyl adjacent to an activating group) is 1. The summed E-state index contributed by atoms with van der Waals surface area (Å²) in [4.78, 5) is 40.0. The summed E-state index contributed by atoms with van der Waals surface area (Å²) in [6, 6.07) is 5.85. The molecule has 1 aliphatic carbocycles. The molecule has 1 saturated heterocycles. The molecule has 152 valence electrons. The lowest BCUT2D eigenvalue weighted by Crippen LogP contribution is -2.64. The zero-order valence-electron chi connectivity index (χ0n) is 17.1. The molecule has 0 unspecified atom stereocenters. The lowest BCUT2D eigenvalue weighted by Gasteiger charge is -2.41. The van der Waals surface area contributed by atoms with Crippen LogP contribution in [0, 0.1) is 19.8 Å². The molecule has 2 aliphatic rings. The molecular weight excluding hydrogens is 354 g/mol. The lowest BCUT2D eigenvalue weighted by molar-refractivity contribution is -0.136. The van der Waals surface area contributed by atoms with Gasteiger partial charge in [-0.15, -0.1) is 0 Å². The van der Waals surface area contributed by atoms with Crippen molar-refractivity contribution in [1.82, 2.24) is 15.5 Å². The van der Waals surface area contributed by atoms with E-state index in [2.05, 4.69) is 10.6 Å². The molecule has 0 aromatic heterocycles. The molecule has 3 amide bonds. The second-order valence-electron chi connectivity index (χ2n) is 8.30. The van der Waals surface area contributed by atoms with E-state index in [1.165, 1.54) is 0 Å². The molecule has 1 aromatic carbocycles. The quantitative estimate of drug-likeness (QED) is 0.835. The Balaban J connectivity index is 1.70. The van der Waals surface area contributed by atoms with Gasteiger partial charge in [0, 0.05) is 31.6 Å². The van der Waals surface area contributed by atoms with Gasteiger partial charge >= 0.3 is 0 Å². The number of amides is 3. The largest absolute Gasteiger partial charge is 0.357 e. The van der Waals surface area contributed by atoms with Crippen LogP contribution in [-0.2, 0) is 9.59 Å². The highest BCUT2D eigenvalue weighted by atomic mass is 16.2. The van der Waals surface area contributed by atoms with Crippen molar-refractivity contribution in [1.29, 1.82) is 0 Å². The third-order valence-corrected chi connectivity index (χ3v) is 6.12. The van der Waals surface area contributed by atoms with E-state index in [1.54, 1.807) is 11.9 Å². The summed E-state index contributed by atoms with van der Waals surface area (Å²) in [5.74, 6) is -0.191. The number of benzene rings is 1. The van der Waals surface area contributed by atoms with Crippen LogP contribution in [0.15, 0.2) is 18.2 Å². The second-order valence-corrected chi connectivity index (χ2v) is 8.30. The van der Waals surface area contributed by atoms with Crippen LogP contribution in [0.5, 0.6) is 0 Å². The molecule has 0 atom stereocenters. The molecule has 1 aliphatic heterocycles. The number of likely N-dealkylation sites (tertiary alicyclic amines) is 1. The highest BCUT2D eigenvalue weighted by Gasteiger charge is 2.44. The van der Waals surface area contributed by atoms with Crippen LogP contribution in [-0.4, -0.2) is 48.3 Å². The first-order chi connectivity index (χ1) is 13.3. The Morgan fingerprint density at radius 3 is 2.11 bits per heavy atom. The highest BCUT2D eigenvalue weighted by Crippen LogP contribution is 2.29. The molecule has 1 saturated carbocycles. The minimum Gasteiger partial charge on any atom is -0.357 e. The van der Waals surface area contributed by atoms with Crippen LogP contribution in [0.2, 0.25) is 0 Å². The van der Waals surface area contributed by atoms with Gasteiger partial charge in [-0.25, -0.2) is 0 Å². The van der Waals surface area contributed by atoms with Gasteiger partial charge in [-0.05, 0) is 51.7 Å². The fraction of sp³-hybridized carbons (Fsp3) is 0.591. The average Bonchev–Trinajstić information content (AvgIpc) is 3.21. The summed E-state index contributed by atoms with van der Waals surface area (Å²) in [5.41, 5.74) is 1.88. The summed E-state index contributed by atoms with van der Waals surface area (Å²) in [7, 11) is 1.60. The molecule has 2 N–H and O–H groups in total. The van der Waals surface area contributed by atoms with Gasteiger partial charge in [-0.1, -0.05) is 30.0 Å². The van der Waals surface area contributed by atoms with E-state index in [0.29, 0.717) is 31.5 Å². The Hall–Kier alpha value is -2.37. The van der Waals surface area contributed by atoms with E-state index in [0.717, 1.165) is 36.8 Å². The first-order valence-electron chi connectivity index (χ1n) is 10.3. The molecule has 6 heteroatoms. The minimum atomic E-state index is -0.923. The maximum Gasteiger partial charge on any atom is 0.253 e. The maximum absolute atomic E-state index is 12.9. The van der Waals surface area contributed by atoms with Crippen LogP contribution in [0.3, 0.4) is 0 Å². The van der Waals surface area contributed by atoms with Crippen molar-refractivity contribution in [2.45, 2.75) is 57.9 Å². The fourth-order valence-corrected chi connectivity index (χ4v) is 4.55. The number of aryl methyl sites for hydroxylation is 2. The smallest absolute Gasteiger partial charge is 0.253 e. The van der Waals surface area contributed by atoms with Gasteiger partial charge in [0.1, 0.15) is 5.54 Å². The van der Waals surface area contributed by atoms with E-state index < -0.39 is 5.54 Å². The molecule has 1 heterocycles. The third-order valence-electron chi connectivity index (χ3n) is 6.12.